The van der Waals surface area contributed by atoms with Gasteiger partial charge in [-0.25, -0.2) is 4.79 Å². The Bertz CT molecular complexity index is 1760. The minimum atomic E-state index is -0.981. The summed E-state index contributed by atoms with van der Waals surface area (Å²) < 4.78 is 5.15. The summed E-state index contributed by atoms with van der Waals surface area (Å²) in [5.41, 5.74) is 8.12. The third-order valence-corrected chi connectivity index (χ3v) is 10.9. The zero-order valence-electron chi connectivity index (χ0n) is 32.1. The van der Waals surface area contributed by atoms with Crippen LogP contribution < -0.4 is 9.80 Å². The van der Waals surface area contributed by atoms with Crippen molar-refractivity contribution < 1.29 is 19.4 Å². The maximum Gasteiger partial charge on any atom is 0.409 e. The number of piperazine rings is 2. The van der Waals surface area contributed by atoms with Crippen LogP contribution in [0.25, 0.3) is 0 Å². The first-order valence-corrected chi connectivity index (χ1v) is 18.5. The van der Waals surface area contributed by atoms with Crippen LogP contribution in [-0.4, -0.2) is 104 Å². The number of carboxylic acid groups (broad SMARTS) is 1. The molecule has 3 aromatic rings. The monoisotopic (exact) mass is 708 g/mol. The first kappa shape index (κ1) is 38.6. The highest BCUT2D eigenvalue weighted by Crippen LogP contribution is 2.42. The van der Waals surface area contributed by atoms with Crippen molar-refractivity contribution in [3.05, 3.63) is 94.0 Å². The van der Waals surface area contributed by atoms with E-state index in [0.29, 0.717) is 38.2 Å². The molecule has 2 fully saturated rings. The number of benzene rings is 3. The van der Waals surface area contributed by atoms with Crippen molar-refractivity contribution in [3.8, 4) is 6.07 Å². The van der Waals surface area contributed by atoms with Gasteiger partial charge in [0, 0.05) is 83.3 Å². The summed E-state index contributed by atoms with van der Waals surface area (Å²) >= 11 is 0. The maximum atomic E-state index is 14.3. The second-order valence-corrected chi connectivity index (χ2v) is 15.5. The number of ether oxygens (including phenoxy) is 1. The SMILES string of the molecule is COCN(CC[C@@H](c1ccccc1N1CCN(C(=O)c2cc(CN3CCN(c4ccccc4C#N)CC3)c(C)cc2C)C(C)C1)C(C)(C)C)C(=O)O. The number of methoxy groups -OCH3 is 1. The van der Waals surface area contributed by atoms with E-state index in [0.717, 1.165) is 55.2 Å². The van der Waals surface area contributed by atoms with Crippen LogP contribution in [-0.2, 0) is 11.3 Å². The van der Waals surface area contributed by atoms with Crippen LogP contribution in [0.3, 0.4) is 0 Å². The van der Waals surface area contributed by atoms with Crippen LogP contribution in [0, 0.1) is 30.6 Å². The minimum absolute atomic E-state index is 0.000108. The number of nitriles is 1. The average Bonchev–Trinajstić information content (AvgIpc) is 3.12. The summed E-state index contributed by atoms with van der Waals surface area (Å²) in [6.07, 6.45) is -0.310. The Morgan fingerprint density at radius 2 is 1.60 bits per heavy atom. The lowest BCUT2D eigenvalue weighted by molar-refractivity contribution is 0.0559. The Balaban J connectivity index is 1.27. The Morgan fingerprint density at radius 3 is 2.23 bits per heavy atom. The number of amides is 2. The zero-order chi connectivity index (χ0) is 37.6. The first-order chi connectivity index (χ1) is 24.8. The van der Waals surface area contributed by atoms with Crippen molar-refractivity contribution in [2.45, 2.75) is 66.5 Å². The highest BCUT2D eigenvalue weighted by molar-refractivity contribution is 5.96. The molecule has 10 heteroatoms. The highest BCUT2D eigenvalue weighted by Gasteiger charge is 2.34. The van der Waals surface area contributed by atoms with Crippen LogP contribution in [0.1, 0.15) is 78.2 Å². The number of rotatable bonds is 11. The van der Waals surface area contributed by atoms with Crippen molar-refractivity contribution in [2.24, 2.45) is 5.41 Å². The summed E-state index contributed by atoms with van der Waals surface area (Å²) in [7, 11) is 1.51. The molecule has 2 aliphatic heterocycles. The second-order valence-electron chi connectivity index (χ2n) is 15.5. The standard InChI is InChI=1S/C42H56N6O4/c1-30-24-31(2)36(25-34(30)28-44-18-20-45(21-19-44)38-14-10-8-12-33(38)26-43)40(49)48-23-22-46(27-32(48)3)39-15-11-9-13-35(39)37(42(4,5)6)16-17-47(29-52-7)41(50)51/h8-15,24-25,32,37H,16-23,27-29H2,1-7H3,(H,50,51)/t32?,37-/m0/s1. The lowest BCUT2D eigenvalue weighted by Gasteiger charge is -2.43. The summed E-state index contributed by atoms with van der Waals surface area (Å²) in [6, 6.07) is 22.9. The zero-order valence-corrected chi connectivity index (χ0v) is 32.1. The van der Waals surface area contributed by atoms with Gasteiger partial charge >= 0.3 is 6.09 Å². The number of hydrogen-bond acceptors (Lipinski definition) is 7. The van der Waals surface area contributed by atoms with Gasteiger partial charge in [-0.1, -0.05) is 57.2 Å². The van der Waals surface area contributed by atoms with E-state index in [1.807, 2.05) is 36.1 Å². The number of aryl methyl sites for hydroxylation is 2. The van der Waals surface area contributed by atoms with Crippen LogP contribution in [0.4, 0.5) is 16.2 Å². The molecule has 52 heavy (non-hydrogen) atoms. The Hall–Kier alpha value is -4.59. The molecule has 0 aromatic heterocycles. The Kier molecular flexibility index (Phi) is 12.5. The van der Waals surface area contributed by atoms with Crippen LogP contribution in [0.2, 0.25) is 0 Å². The van der Waals surface area contributed by atoms with E-state index in [1.165, 1.54) is 28.7 Å². The van der Waals surface area contributed by atoms with Crippen molar-refractivity contribution in [2.75, 3.05) is 76.0 Å². The van der Waals surface area contributed by atoms with E-state index in [1.54, 1.807) is 0 Å². The van der Waals surface area contributed by atoms with Crippen molar-refractivity contribution in [1.82, 2.24) is 14.7 Å². The third kappa shape index (κ3) is 8.88. The van der Waals surface area contributed by atoms with Crippen LogP contribution >= 0.6 is 0 Å². The molecule has 278 valence electrons. The van der Waals surface area contributed by atoms with Gasteiger partial charge in [0.05, 0.1) is 11.3 Å². The molecule has 3 aromatic carbocycles. The fourth-order valence-electron chi connectivity index (χ4n) is 7.94. The number of carbonyl (C=O) groups excluding carboxylic acids is 1. The quantitative estimate of drug-likeness (QED) is 0.214. The molecular weight excluding hydrogens is 653 g/mol. The van der Waals surface area contributed by atoms with Gasteiger partial charge in [0.25, 0.3) is 5.91 Å². The maximum absolute atomic E-state index is 14.3. The highest BCUT2D eigenvalue weighted by atomic mass is 16.5. The largest absolute Gasteiger partial charge is 0.465 e. The van der Waals surface area contributed by atoms with Gasteiger partial charge in [0.2, 0.25) is 0 Å². The number of para-hydroxylation sites is 2. The fourth-order valence-corrected chi connectivity index (χ4v) is 7.94. The molecule has 0 bridgehead atoms. The molecule has 0 spiro atoms. The molecule has 1 unspecified atom stereocenters. The first-order valence-electron chi connectivity index (χ1n) is 18.5. The molecule has 2 heterocycles. The van der Waals surface area contributed by atoms with E-state index in [-0.39, 0.29) is 30.0 Å². The Morgan fingerprint density at radius 1 is 0.942 bits per heavy atom. The van der Waals surface area contributed by atoms with Crippen LogP contribution in [0.5, 0.6) is 0 Å². The summed E-state index contributed by atoms with van der Waals surface area (Å²) in [4.78, 5) is 36.6. The third-order valence-electron chi connectivity index (χ3n) is 10.9. The van der Waals surface area contributed by atoms with Crippen LogP contribution in [0.15, 0.2) is 60.7 Å². The van der Waals surface area contributed by atoms with Crippen molar-refractivity contribution >= 4 is 23.4 Å². The lowest BCUT2D eigenvalue weighted by Crippen LogP contribution is -2.54. The molecule has 5 rings (SSSR count). The number of anilines is 2. The topological polar surface area (TPSA) is 104 Å². The molecule has 10 nitrogen and oxygen atoms in total. The van der Waals surface area contributed by atoms with Crippen molar-refractivity contribution in [3.63, 3.8) is 0 Å². The van der Waals surface area contributed by atoms with Gasteiger partial charge in [-0.15, -0.1) is 0 Å². The van der Waals surface area contributed by atoms with Gasteiger partial charge < -0.3 is 24.5 Å². The summed E-state index contributed by atoms with van der Waals surface area (Å²) in [5.74, 6) is 0.193. The molecular formula is C42H56N6O4. The normalized spacial score (nSPS) is 17.5. The van der Waals surface area contributed by atoms with Crippen molar-refractivity contribution in [1.29, 1.82) is 5.26 Å². The summed E-state index contributed by atoms with van der Waals surface area (Å²) in [5, 5.41) is 19.3. The van der Waals surface area contributed by atoms with Gasteiger partial charge in [-0.2, -0.15) is 5.26 Å². The molecule has 0 saturated carbocycles. The predicted molar refractivity (Wildman–Crippen MR) is 207 cm³/mol. The fraction of sp³-hybridized carbons (Fsp3) is 0.500. The van der Waals surface area contributed by atoms with Gasteiger partial charge in [-0.05, 0) is 85.0 Å². The summed E-state index contributed by atoms with van der Waals surface area (Å²) in [6.45, 7) is 19.7. The molecule has 2 saturated heterocycles. The molecule has 2 amide bonds. The smallest absolute Gasteiger partial charge is 0.409 e. The molecule has 0 aliphatic carbocycles. The molecule has 1 N–H and O–H groups in total. The van der Waals surface area contributed by atoms with E-state index >= 15 is 0 Å². The van der Waals surface area contributed by atoms with Gasteiger partial charge in [0.15, 0.2) is 0 Å². The second kappa shape index (κ2) is 16.8. The lowest BCUT2D eigenvalue weighted by atomic mass is 9.74. The predicted octanol–water partition coefficient (Wildman–Crippen LogP) is 6.95. The van der Waals surface area contributed by atoms with E-state index < -0.39 is 6.09 Å². The van der Waals surface area contributed by atoms with Gasteiger partial charge in [0.1, 0.15) is 12.8 Å². The van der Waals surface area contributed by atoms with Gasteiger partial charge in [-0.3, -0.25) is 14.6 Å². The average molecular weight is 709 g/mol. The number of hydrogen-bond donors (Lipinski definition) is 1. The number of nitrogens with zero attached hydrogens (tertiary/aromatic N) is 6. The number of carbonyl (C=O) groups is 2. The Labute approximate surface area is 310 Å². The molecule has 2 aliphatic rings. The molecule has 2 atom stereocenters. The van der Waals surface area contributed by atoms with E-state index in [9.17, 15) is 20.0 Å². The minimum Gasteiger partial charge on any atom is -0.465 e. The van der Waals surface area contributed by atoms with E-state index in [4.69, 9.17) is 4.74 Å². The van der Waals surface area contributed by atoms with E-state index in [2.05, 4.69) is 91.8 Å². The molecule has 0 radical (unpaired) electrons.